The molecule has 1 N–H and O–H groups in total. The average Bonchev–Trinajstić information content (AvgIpc) is 2.78. The lowest BCUT2D eigenvalue weighted by atomic mass is 10.1. The standard InChI is InChI=1S/C25H25ClN2O2/c1-19(25(30)27-17-21-8-4-2-5-9-21)28(18-22-10-6-3-7-11-22)24(29)16-20-12-14-23(26)15-13-20/h2-15,19H,16-18H2,1H3,(H,27,30). The van der Waals surface area contributed by atoms with Crippen molar-refractivity contribution in [2.75, 3.05) is 0 Å². The molecule has 1 unspecified atom stereocenters. The van der Waals surface area contributed by atoms with Gasteiger partial charge in [0.1, 0.15) is 6.04 Å². The third kappa shape index (κ3) is 6.19. The molecule has 0 heterocycles. The maximum Gasteiger partial charge on any atom is 0.242 e. The van der Waals surface area contributed by atoms with E-state index in [-0.39, 0.29) is 18.2 Å². The van der Waals surface area contributed by atoms with Gasteiger partial charge in [-0.3, -0.25) is 9.59 Å². The fraction of sp³-hybridized carbons (Fsp3) is 0.200. The molecule has 0 saturated heterocycles. The van der Waals surface area contributed by atoms with Gasteiger partial charge in [0.2, 0.25) is 11.8 Å². The molecule has 3 aromatic carbocycles. The van der Waals surface area contributed by atoms with Gasteiger partial charge in [0.25, 0.3) is 0 Å². The molecule has 4 nitrogen and oxygen atoms in total. The summed E-state index contributed by atoms with van der Waals surface area (Å²) in [5, 5.41) is 3.57. The van der Waals surface area contributed by atoms with Crippen LogP contribution in [0.4, 0.5) is 0 Å². The number of hydrogen-bond acceptors (Lipinski definition) is 2. The minimum atomic E-state index is -0.603. The van der Waals surface area contributed by atoms with Crippen LogP contribution >= 0.6 is 11.6 Å². The van der Waals surface area contributed by atoms with Gasteiger partial charge in [-0.2, -0.15) is 0 Å². The summed E-state index contributed by atoms with van der Waals surface area (Å²) >= 11 is 5.95. The van der Waals surface area contributed by atoms with E-state index in [1.807, 2.05) is 72.8 Å². The van der Waals surface area contributed by atoms with Crippen molar-refractivity contribution in [3.8, 4) is 0 Å². The first-order valence-corrected chi connectivity index (χ1v) is 10.3. The fourth-order valence-electron chi connectivity index (χ4n) is 3.17. The van der Waals surface area contributed by atoms with Crippen molar-refractivity contribution in [3.63, 3.8) is 0 Å². The number of benzene rings is 3. The predicted octanol–water partition coefficient (Wildman–Crippen LogP) is 4.62. The molecule has 3 aromatic rings. The van der Waals surface area contributed by atoms with Gasteiger partial charge in [-0.25, -0.2) is 0 Å². The molecule has 0 aliphatic heterocycles. The second-order valence-corrected chi connectivity index (χ2v) is 7.63. The number of nitrogens with one attached hydrogen (secondary N) is 1. The molecule has 0 bridgehead atoms. The maximum absolute atomic E-state index is 13.1. The van der Waals surface area contributed by atoms with E-state index >= 15 is 0 Å². The number of carbonyl (C=O) groups is 2. The third-order valence-electron chi connectivity index (χ3n) is 4.94. The minimum absolute atomic E-state index is 0.108. The molecular weight excluding hydrogens is 396 g/mol. The van der Waals surface area contributed by atoms with Gasteiger partial charge >= 0.3 is 0 Å². The van der Waals surface area contributed by atoms with E-state index in [0.717, 1.165) is 16.7 Å². The Morgan fingerprint density at radius 3 is 2.00 bits per heavy atom. The van der Waals surface area contributed by atoms with Crippen molar-refractivity contribution in [1.29, 1.82) is 0 Å². The number of halogens is 1. The summed E-state index contributed by atoms with van der Waals surface area (Å²) in [5.41, 5.74) is 2.85. The van der Waals surface area contributed by atoms with E-state index in [2.05, 4.69) is 5.32 Å². The van der Waals surface area contributed by atoms with E-state index in [0.29, 0.717) is 18.1 Å². The quantitative estimate of drug-likeness (QED) is 0.578. The van der Waals surface area contributed by atoms with Crippen LogP contribution in [0.25, 0.3) is 0 Å². The molecule has 0 spiro atoms. The van der Waals surface area contributed by atoms with Crippen LogP contribution in [0.15, 0.2) is 84.9 Å². The highest BCUT2D eigenvalue weighted by Gasteiger charge is 2.26. The number of amides is 2. The molecule has 154 valence electrons. The lowest BCUT2D eigenvalue weighted by Crippen LogP contribution is -2.47. The Morgan fingerprint density at radius 1 is 0.833 bits per heavy atom. The van der Waals surface area contributed by atoms with Crippen molar-refractivity contribution >= 4 is 23.4 Å². The van der Waals surface area contributed by atoms with Crippen molar-refractivity contribution in [1.82, 2.24) is 10.2 Å². The van der Waals surface area contributed by atoms with Crippen molar-refractivity contribution in [3.05, 3.63) is 107 Å². The van der Waals surface area contributed by atoms with E-state index < -0.39 is 6.04 Å². The van der Waals surface area contributed by atoms with Crippen LogP contribution in [0, 0.1) is 0 Å². The van der Waals surface area contributed by atoms with Gasteiger partial charge in [-0.05, 0) is 35.7 Å². The Bertz CT molecular complexity index is 959. The van der Waals surface area contributed by atoms with Gasteiger partial charge in [0.15, 0.2) is 0 Å². The Morgan fingerprint density at radius 2 is 1.40 bits per heavy atom. The van der Waals surface area contributed by atoms with Crippen LogP contribution in [0.5, 0.6) is 0 Å². The Labute approximate surface area is 182 Å². The molecule has 30 heavy (non-hydrogen) atoms. The van der Waals surface area contributed by atoms with Crippen molar-refractivity contribution in [2.24, 2.45) is 0 Å². The molecule has 5 heteroatoms. The molecule has 1 atom stereocenters. The molecule has 0 fully saturated rings. The second kappa shape index (κ2) is 10.6. The zero-order valence-corrected chi connectivity index (χ0v) is 17.7. The van der Waals surface area contributed by atoms with Crippen LogP contribution in [-0.2, 0) is 29.1 Å². The molecule has 0 saturated carbocycles. The summed E-state index contributed by atoms with van der Waals surface area (Å²) < 4.78 is 0. The first kappa shape index (κ1) is 21.6. The topological polar surface area (TPSA) is 49.4 Å². The predicted molar refractivity (Wildman–Crippen MR) is 120 cm³/mol. The van der Waals surface area contributed by atoms with Gasteiger partial charge in [-0.1, -0.05) is 84.4 Å². The second-order valence-electron chi connectivity index (χ2n) is 7.19. The molecule has 0 aliphatic carbocycles. The summed E-state index contributed by atoms with van der Waals surface area (Å²) in [4.78, 5) is 27.6. The molecule has 0 aliphatic rings. The van der Waals surface area contributed by atoms with E-state index in [1.54, 1.807) is 24.0 Å². The van der Waals surface area contributed by atoms with Gasteiger partial charge < -0.3 is 10.2 Å². The minimum Gasteiger partial charge on any atom is -0.350 e. The third-order valence-corrected chi connectivity index (χ3v) is 5.19. The number of carbonyl (C=O) groups excluding carboxylic acids is 2. The largest absolute Gasteiger partial charge is 0.350 e. The molecule has 0 aromatic heterocycles. The fourth-order valence-corrected chi connectivity index (χ4v) is 3.30. The highest BCUT2D eigenvalue weighted by molar-refractivity contribution is 6.30. The number of rotatable bonds is 8. The van der Waals surface area contributed by atoms with Crippen LogP contribution in [0.3, 0.4) is 0 Å². The maximum atomic E-state index is 13.1. The van der Waals surface area contributed by atoms with Crippen LogP contribution in [0.1, 0.15) is 23.6 Å². The lowest BCUT2D eigenvalue weighted by Gasteiger charge is -2.29. The van der Waals surface area contributed by atoms with Crippen LogP contribution in [-0.4, -0.2) is 22.8 Å². The SMILES string of the molecule is CC(C(=O)NCc1ccccc1)N(Cc1ccccc1)C(=O)Cc1ccc(Cl)cc1. The monoisotopic (exact) mass is 420 g/mol. The first-order valence-electron chi connectivity index (χ1n) is 9.92. The van der Waals surface area contributed by atoms with E-state index in [4.69, 9.17) is 11.6 Å². The Balaban J connectivity index is 1.72. The molecular formula is C25H25ClN2O2. The summed E-state index contributed by atoms with van der Waals surface area (Å²) in [7, 11) is 0. The molecule has 3 rings (SSSR count). The Kier molecular flexibility index (Phi) is 7.63. The van der Waals surface area contributed by atoms with Crippen molar-refractivity contribution in [2.45, 2.75) is 32.5 Å². The molecule has 2 amide bonds. The van der Waals surface area contributed by atoms with Crippen LogP contribution < -0.4 is 5.32 Å². The highest BCUT2D eigenvalue weighted by atomic mass is 35.5. The summed E-state index contributed by atoms with van der Waals surface area (Å²) in [6.45, 7) is 2.56. The molecule has 0 radical (unpaired) electrons. The van der Waals surface area contributed by atoms with E-state index in [1.165, 1.54) is 0 Å². The lowest BCUT2D eigenvalue weighted by molar-refractivity contribution is -0.140. The smallest absolute Gasteiger partial charge is 0.242 e. The van der Waals surface area contributed by atoms with Crippen LogP contribution in [0.2, 0.25) is 5.02 Å². The summed E-state index contributed by atoms with van der Waals surface area (Å²) in [5.74, 6) is -0.289. The van der Waals surface area contributed by atoms with Gasteiger partial charge in [0.05, 0.1) is 6.42 Å². The summed E-state index contributed by atoms with van der Waals surface area (Å²) in [6, 6.07) is 26.0. The van der Waals surface area contributed by atoms with E-state index in [9.17, 15) is 9.59 Å². The van der Waals surface area contributed by atoms with Gasteiger partial charge in [0, 0.05) is 18.1 Å². The number of nitrogens with zero attached hydrogens (tertiary/aromatic N) is 1. The summed E-state index contributed by atoms with van der Waals surface area (Å²) in [6.07, 6.45) is 0.209. The zero-order chi connectivity index (χ0) is 21.3. The van der Waals surface area contributed by atoms with Crippen molar-refractivity contribution < 1.29 is 9.59 Å². The highest BCUT2D eigenvalue weighted by Crippen LogP contribution is 2.15. The first-order chi connectivity index (χ1) is 14.5. The Hall–Kier alpha value is -3.11. The average molecular weight is 421 g/mol. The van der Waals surface area contributed by atoms with Gasteiger partial charge in [-0.15, -0.1) is 0 Å². The zero-order valence-electron chi connectivity index (χ0n) is 16.9. The number of hydrogen-bond donors (Lipinski definition) is 1. The normalized spacial score (nSPS) is 11.5.